The lowest BCUT2D eigenvalue weighted by Gasteiger charge is -2.31. The number of halogens is 2. The highest BCUT2D eigenvalue weighted by molar-refractivity contribution is 7.89. The Hall–Kier alpha value is -2.32. The van der Waals surface area contributed by atoms with E-state index in [0.717, 1.165) is 17.7 Å². The maximum atomic E-state index is 13.4. The lowest BCUT2D eigenvalue weighted by molar-refractivity contribution is 0.0923. The smallest absolute Gasteiger partial charge is 0.251 e. The lowest BCUT2D eigenvalue weighted by Crippen LogP contribution is -2.46. The van der Waals surface area contributed by atoms with E-state index in [1.165, 1.54) is 4.31 Å². The van der Waals surface area contributed by atoms with E-state index >= 15 is 0 Å². The van der Waals surface area contributed by atoms with Crippen LogP contribution in [0.5, 0.6) is 0 Å². The predicted octanol–water partition coefficient (Wildman–Crippen LogP) is 2.86. The third kappa shape index (κ3) is 4.33. The zero-order chi connectivity index (χ0) is 19.6. The topological polar surface area (TPSA) is 66.5 Å². The number of nitrogens with zero attached hydrogens (tertiary/aromatic N) is 1. The normalized spacial score (nSPS) is 16.3. The number of benzene rings is 2. The average Bonchev–Trinajstić information content (AvgIpc) is 2.61. The molecule has 3 rings (SSSR count). The molecule has 0 saturated carbocycles. The molecule has 2 aromatic carbocycles. The summed E-state index contributed by atoms with van der Waals surface area (Å²) in [4.78, 5) is 12.0. The van der Waals surface area contributed by atoms with E-state index < -0.39 is 26.6 Å². The molecule has 0 aromatic heterocycles. The van der Waals surface area contributed by atoms with Gasteiger partial charge in [-0.15, -0.1) is 0 Å². The van der Waals surface area contributed by atoms with Crippen LogP contribution < -0.4 is 5.32 Å². The van der Waals surface area contributed by atoms with E-state index in [0.29, 0.717) is 24.5 Å². The fraction of sp³-hybridized carbons (Fsp3) is 0.316. The van der Waals surface area contributed by atoms with Crippen molar-refractivity contribution >= 4 is 15.9 Å². The van der Waals surface area contributed by atoms with Gasteiger partial charge in [-0.25, -0.2) is 17.2 Å². The van der Waals surface area contributed by atoms with E-state index in [1.807, 2.05) is 19.1 Å². The fourth-order valence-corrected chi connectivity index (χ4v) is 4.67. The molecule has 0 spiro atoms. The van der Waals surface area contributed by atoms with Crippen molar-refractivity contribution in [2.45, 2.75) is 30.7 Å². The number of rotatable bonds is 4. The molecule has 1 amide bonds. The number of aryl methyl sites for hydroxylation is 1. The predicted molar refractivity (Wildman–Crippen MR) is 96.8 cm³/mol. The van der Waals surface area contributed by atoms with Crippen molar-refractivity contribution in [1.29, 1.82) is 0 Å². The van der Waals surface area contributed by atoms with E-state index in [9.17, 15) is 22.0 Å². The van der Waals surface area contributed by atoms with Gasteiger partial charge < -0.3 is 5.32 Å². The Morgan fingerprint density at radius 2 is 1.67 bits per heavy atom. The minimum absolute atomic E-state index is 0.159. The van der Waals surface area contributed by atoms with Gasteiger partial charge in [0.1, 0.15) is 11.6 Å². The van der Waals surface area contributed by atoms with Crippen LogP contribution in [0, 0.1) is 18.6 Å². The summed E-state index contributed by atoms with van der Waals surface area (Å²) in [6.07, 6.45) is 0.850. The van der Waals surface area contributed by atoms with Crippen molar-refractivity contribution in [3.63, 3.8) is 0 Å². The van der Waals surface area contributed by atoms with Crippen LogP contribution in [0.1, 0.15) is 28.8 Å². The molecule has 0 bridgehead atoms. The van der Waals surface area contributed by atoms with Crippen molar-refractivity contribution in [2.75, 3.05) is 13.1 Å². The molecule has 1 aliphatic rings. The summed E-state index contributed by atoms with van der Waals surface area (Å²) in [6, 6.07) is 9.32. The number of carbonyl (C=O) groups excluding carboxylic acids is 1. The largest absolute Gasteiger partial charge is 0.349 e. The van der Waals surface area contributed by atoms with E-state index in [1.54, 1.807) is 12.1 Å². The van der Waals surface area contributed by atoms with Gasteiger partial charge in [0.2, 0.25) is 10.0 Å². The molecule has 2 aromatic rings. The summed E-state index contributed by atoms with van der Waals surface area (Å²) in [7, 11) is -3.98. The van der Waals surface area contributed by atoms with Gasteiger partial charge in [0.05, 0.1) is 4.90 Å². The van der Waals surface area contributed by atoms with Gasteiger partial charge in [0.15, 0.2) is 0 Å². The van der Waals surface area contributed by atoms with Gasteiger partial charge >= 0.3 is 0 Å². The minimum atomic E-state index is -3.98. The molecule has 1 heterocycles. The van der Waals surface area contributed by atoms with Crippen LogP contribution >= 0.6 is 0 Å². The van der Waals surface area contributed by atoms with Crippen LogP contribution in [0.15, 0.2) is 47.4 Å². The number of carbonyl (C=O) groups is 1. The highest BCUT2D eigenvalue weighted by Crippen LogP contribution is 2.22. The standard InChI is InChI=1S/C19H20F2N2O3S/c1-13-4-2-3-5-18(13)19(24)22-16-6-8-23(9-7-16)27(25,26)17-11-14(20)10-15(21)12-17/h2-5,10-12,16H,6-9H2,1H3,(H,22,24). The first-order valence-electron chi connectivity index (χ1n) is 8.60. The second kappa shape index (κ2) is 7.74. The third-order valence-electron chi connectivity index (χ3n) is 4.65. The first-order chi connectivity index (χ1) is 12.8. The number of nitrogens with one attached hydrogen (secondary N) is 1. The average molecular weight is 394 g/mol. The molecule has 1 N–H and O–H groups in total. The summed E-state index contributed by atoms with van der Waals surface area (Å²) in [5.41, 5.74) is 1.45. The summed E-state index contributed by atoms with van der Waals surface area (Å²) in [6.45, 7) is 2.18. The van der Waals surface area contributed by atoms with Crippen LogP contribution in [0.4, 0.5) is 8.78 Å². The molecule has 1 fully saturated rings. The summed E-state index contributed by atoms with van der Waals surface area (Å²) >= 11 is 0. The van der Waals surface area contributed by atoms with Crippen LogP contribution in [0.25, 0.3) is 0 Å². The lowest BCUT2D eigenvalue weighted by atomic mass is 10.0. The van der Waals surface area contributed by atoms with Gasteiger partial charge in [-0.1, -0.05) is 18.2 Å². The Kier molecular flexibility index (Phi) is 5.57. The van der Waals surface area contributed by atoms with Crippen LogP contribution in [-0.2, 0) is 10.0 Å². The van der Waals surface area contributed by atoms with E-state index in [2.05, 4.69) is 5.32 Å². The Morgan fingerprint density at radius 3 is 2.26 bits per heavy atom. The molecule has 0 radical (unpaired) electrons. The fourth-order valence-electron chi connectivity index (χ4n) is 3.16. The van der Waals surface area contributed by atoms with Crippen LogP contribution in [-0.4, -0.2) is 37.8 Å². The first kappa shape index (κ1) is 19.4. The molecule has 27 heavy (non-hydrogen) atoms. The Bertz CT molecular complexity index is 935. The molecular weight excluding hydrogens is 374 g/mol. The maximum Gasteiger partial charge on any atom is 0.251 e. The zero-order valence-electron chi connectivity index (χ0n) is 14.8. The van der Waals surface area contributed by atoms with Gasteiger partial charge in [-0.05, 0) is 43.5 Å². The highest BCUT2D eigenvalue weighted by atomic mass is 32.2. The minimum Gasteiger partial charge on any atom is -0.349 e. The number of sulfonamides is 1. The second-order valence-corrected chi connectivity index (χ2v) is 8.51. The summed E-state index contributed by atoms with van der Waals surface area (Å²) in [5, 5.41) is 2.93. The zero-order valence-corrected chi connectivity index (χ0v) is 15.6. The molecule has 1 saturated heterocycles. The quantitative estimate of drug-likeness (QED) is 0.867. The maximum absolute atomic E-state index is 13.4. The Morgan fingerprint density at radius 1 is 1.07 bits per heavy atom. The van der Waals surface area contributed by atoms with Gasteiger partial charge in [0.25, 0.3) is 5.91 Å². The van der Waals surface area contributed by atoms with Crippen molar-refractivity contribution in [2.24, 2.45) is 0 Å². The third-order valence-corrected chi connectivity index (χ3v) is 6.53. The summed E-state index contributed by atoms with van der Waals surface area (Å²) < 4.78 is 53.1. The van der Waals surface area contributed by atoms with Crippen LogP contribution in [0.3, 0.4) is 0 Å². The molecular formula is C19H20F2N2O3S. The van der Waals surface area contributed by atoms with E-state index in [4.69, 9.17) is 0 Å². The monoisotopic (exact) mass is 394 g/mol. The molecule has 0 unspecified atom stereocenters. The SMILES string of the molecule is Cc1ccccc1C(=O)NC1CCN(S(=O)(=O)c2cc(F)cc(F)c2)CC1. The Labute approximate surface area is 157 Å². The number of piperidine rings is 1. The molecule has 5 nitrogen and oxygen atoms in total. The molecule has 0 atom stereocenters. The van der Waals surface area contributed by atoms with E-state index in [-0.39, 0.29) is 25.0 Å². The number of amides is 1. The molecule has 144 valence electrons. The second-order valence-electron chi connectivity index (χ2n) is 6.57. The number of hydrogen-bond acceptors (Lipinski definition) is 3. The van der Waals surface area contributed by atoms with Crippen molar-refractivity contribution < 1.29 is 22.0 Å². The van der Waals surface area contributed by atoms with Crippen molar-refractivity contribution in [1.82, 2.24) is 9.62 Å². The Balaban J connectivity index is 1.65. The van der Waals surface area contributed by atoms with Crippen molar-refractivity contribution in [3.05, 3.63) is 65.2 Å². The molecule has 0 aliphatic carbocycles. The first-order valence-corrected chi connectivity index (χ1v) is 10.0. The highest BCUT2D eigenvalue weighted by Gasteiger charge is 2.30. The van der Waals surface area contributed by atoms with Crippen LogP contribution in [0.2, 0.25) is 0 Å². The van der Waals surface area contributed by atoms with Gasteiger partial charge in [-0.3, -0.25) is 4.79 Å². The van der Waals surface area contributed by atoms with Gasteiger partial charge in [-0.2, -0.15) is 4.31 Å². The van der Waals surface area contributed by atoms with Crippen molar-refractivity contribution in [3.8, 4) is 0 Å². The molecule has 1 aliphatic heterocycles. The molecule has 8 heteroatoms. The van der Waals surface area contributed by atoms with Gasteiger partial charge in [0, 0.05) is 30.8 Å². The summed E-state index contributed by atoms with van der Waals surface area (Å²) in [5.74, 6) is -2.07. The number of hydrogen-bond donors (Lipinski definition) is 1.